The molecule has 0 aliphatic heterocycles. The van der Waals surface area contributed by atoms with Crippen molar-refractivity contribution >= 4 is 22.4 Å². The molecule has 1 amide bonds. The maximum Gasteiger partial charge on any atom is 0.257 e. The molecule has 100 valence electrons. The lowest BCUT2D eigenvalue weighted by atomic mass is 10.1. The van der Waals surface area contributed by atoms with E-state index >= 15 is 0 Å². The third kappa shape index (κ3) is 3.10. The zero-order valence-electron chi connectivity index (χ0n) is 10.7. The highest BCUT2D eigenvalue weighted by Gasteiger charge is 2.12. The summed E-state index contributed by atoms with van der Waals surface area (Å²) in [5.74, 6) is -0.106. The largest absolute Gasteiger partial charge is 0.508 e. The number of amides is 1. The fraction of sp³-hybridized carbons (Fsp3) is 0.231. The highest BCUT2D eigenvalue weighted by atomic mass is 32.1. The van der Waals surface area contributed by atoms with E-state index in [4.69, 9.17) is 5.73 Å². The first-order chi connectivity index (χ1) is 8.97. The molecule has 0 fully saturated rings. The van der Waals surface area contributed by atoms with Crippen molar-refractivity contribution in [3.63, 3.8) is 0 Å². The van der Waals surface area contributed by atoms with Gasteiger partial charge in [-0.15, -0.1) is 11.3 Å². The number of nitrogens with two attached hydrogens (primary N) is 1. The van der Waals surface area contributed by atoms with Gasteiger partial charge in [-0.3, -0.25) is 10.1 Å². The number of nitrogens with zero attached hydrogens (tertiary/aromatic N) is 1. The van der Waals surface area contributed by atoms with E-state index in [0.717, 1.165) is 5.69 Å². The molecule has 2 aromatic rings. The lowest BCUT2D eigenvalue weighted by Crippen LogP contribution is -2.13. The van der Waals surface area contributed by atoms with Gasteiger partial charge in [0, 0.05) is 17.0 Å². The van der Waals surface area contributed by atoms with Crippen molar-refractivity contribution in [1.29, 1.82) is 0 Å². The van der Waals surface area contributed by atoms with Gasteiger partial charge in [0.15, 0.2) is 5.13 Å². The molecule has 0 bridgehead atoms. The Kier molecular flexibility index (Phi) is 3.82. The van der Waals surface area contributed by atoms with Crippen LogP contribution >= 0.6 is 11.3 Å². The number of thiazole rings is 1. The molecule has 1 aromatic carbocycles. The van der Waals surface area contributed by atoms with Gasteiger partial charge in [0.05, 0.1) is 5.69 Å². The average Bonchev–Trinajstić information content (AvgIpc) is 2.77. The number of phenolic OH excluding ortho intramolecular Hbond substituents is 1. The number of anilines is 1. The molecule has 1 unspecified atom stereocenters. The van der Waals surface area contributed by atoms with Crippen LogP contribution in [-0.4, -0.2) is 16.0 Å². The number of carbonyl (C=O) groups excluding carboxylic acids is 1. The summed E-state index contributed by atoms with van der Waals surface area (Å²) >= 11 is 1.34. The van der Waals surface area contributed by atoms with E-state index in [1.54, 1.807) is 19.1 Å². The van der Waals surface area contributed by atoms with Crippen LogP contribution < -0.4 is 11.1 Å². The number of nitrogens with one attached hydrogen (secondary N) is 1. The standard InChI is InChI=1S/C13H15N3O2S/c1-7-5-9(17)3-4-10(7)12(18)16-13-15-11(6-19-13)8(2)14/h3-6,8,17H,14H2,1-2H3,(H,15,16,18). The smallest absolute Gasteiger partial charge is 0.257 e. The second-order valence-corrected chi connectivity index (χ2v) is 5.18. The zero-order chi connectivity index (χ0) is 14.0. The van der Waals surface area contributed by atoms with Gasteiger partial charge in [-0.2, -0.15) is 0 Å². The predicted octanol–water partition coefficient (Wildman–Crippen LogP) is 2.43. The lowest BCUT2D eigenvalue weighted by Gasteiger charge is -2.05. The Bertz CT molecular complexity index is 608. The third-order valence-electron chi connectivity index (χ3n) is 2.66. The zero-order valence-corrected chi connectivity index (χ0v) is 11.5. The monoisotopic (exact) mass is 277 g/mol. The summed E-state index contributed by atoms with van der Waals surface area (Å²) in [4.78, 5) is 16.3. The normalized spacial score (nSPS) is 12.2. The maximum absolute atomic E-state index is 12.1. The van der Waals surface area contributed by atoms with Crippen molar-refractivity contribution in [3.05, 3.63) is 40.4 Å². The van der Waals surface area contributed by atoms with E-state index in [2.05, 4.69) is 10.3 Å². The van der Waals surface area contributed by atoms with Crippen LogP contribution in [0, 0.1) is 6.92 Å². The number of phenols is 1. The van der Waals surface area contributed by atoms with Gasteiger partial charge in [-0.1, -0.05) is 0 Å². The van der Waals surface area contributed by atoms with Crippen molar-refractivity contribution in [3.8, 4) is 5.75 Å². The molecule has 0 spiro atoms. The number of aryl methyl sites for hydroxylation is 1. The Hall–Kier alpha value is -1.92. The number of aromatic hydroxyl groups is 1. The van der Waals surface area contributed by atoms with E-state index in [1.165, 1.54) is 17.4 Å². The SMILES string of the molecule is Cc1cc(O)ccc1C(=O)Nc1nc(C(C)N)cs1. The number of benzene rings is 1. The van der Waals surface area contributed by atoms with Gasteiger partial charge in [-0.05, 0) is 37.6 Å². The summed E-state index contributed by atoms with van der Waals surface area (Å²) in [5.41, 5.74) is 7.69. The van der Waals surface area contributed by atoms with Gasteiger partial charge >= 0.3 is 0 Å². The molecule has 6 heteroatoms. The summed E-state index contributed by atoms with van der Waals surface area (Å²) in [6, 6.07) is 4.46. The highest BCUT2D eigenvalue weighted by Crippen LogP contribution is 2.21. The third-order valence-corrected chi connectivity index (χ3v) is 3.44. The summed E-state index contributed by atoms with van der Waals surface area (Å²) in [5, 5.41) is 14.4. The number of carbonyl (C=O) groups is 1. The molecular formula is C13H15N3O2S. The number of hydrogen-bond donors (Lipinski definition) is 3. The molecule has 5 nitrogen and oxygen atoms in total. The molecule has 19 heavy (non-hydrogen) atoms. The van der Waals surface area contributed by atoms with Gasteiger partial charge in [0.1, 0.15) is 5.75 Å². The molecule has 0 radical (unpaired) electrons. The number of aromatic nitrogens is 1. The minimum atomic E-state index is -0.247. The first-order valence-corrected chi connectivity index (χ1v) is 6.67. The van der Waals surface area contributed by atoms with Crippen molar-refractivity contribution in [2.24, 2.45) is 5.73 Å². The molecular weight excluding hydrogens is 262 g/mol. The second kappa shape index (κ2) is 5.38. The van der Waals surface area contributed by atoms with Crippen LogP contribution in [0.1, 0.15) is 34.6 Å². The summed E-state index contributed by atoms with van der Waals surface area (Å²) in [6.45, 7) is 3.61. The Morgan fingerprint density at radius 3 is 2.84 bits per heavy atom. The summed E-state index contributed by atoms with van der Waals surface area (Å²) in [6.07, 6.45) is 0. The summed E-state index contributed by atoms with van der Waals surface area (Å²) in [7, 11) is 0. The van der Waals surface area contributed by atoms with Crippen molar-refractivity contribution < 1.29 is 9.90 Å². The minimum absolute atomic E-state index is 0.141. The van der Waals surface area contributed by atoms with Crippen molar-refractivity contribution in [2.45, 2.75) is 19.9 Å². The molecule has 0 aliphatic rings. The Labute approximate surface area is 115 Å². The fourth-order valence-corrected chi connectivity index (χ4v) is 2.43. The quantitative estimate of drug-likeness (QED) is 0.804. The van der Waals surface area contributed by atoms with Gasteiger partial charge in [0.25, 0.3) is 5.91 Å². The van der Waals surface area contributed by atoms with E-state index in [0.29, 0.717) is 16.3 Å². The van der Waals surface area contributed by atoms with Crippen LogP contribution in [-0.2, 0) is 0 Å². The van der Waals surface area contributed by atoms with E-state index in [-0.39, 0.29) is 17.7 Å². The van der Waals surface area contributed by atoms with Crippen LogP contribution in [0.3, 0.4) is 0 Å². The first kappa shape index (κ1) is 13.5. The molecule has 0 saturated carbocycles. The van der Waals surface area contributed by atoms with Crippen molar-refractivity contribution in [1.82, 2.24) is 4.98 Å². The Morgan fingerprint density at radius 2 is 2.26 bits per heavy atom. The van der Waals surface area contributed by atoms with E-state index < -0.39 is 0 Å². The second-order valence-electron chi connectivity index (χ2n) is 4.32. The van der Waals surface area contributed by atoms with Crippen molar-refractivity contribution in [2.75, 3.05) is 5.32 Å². The topological polar surface area (TPSA) is 88.2 Å². The predicted molar refractivity (Wildman–Crippen MR) is 75.5 cm³/mol. The summed E-state index contributed by atoms with van der Waals surface area (Å²) < 4.78 is 0. The van der Waals surface area contributed by atoms with E-state index in [9.17, 15) is 9.90 Å². The van der Waals surface area contributed by atoms with Crippen LogP contribution in [0.15, 0.2) is 23.6 Å². The minimum Gasteiger partial charge on any atom is -0.508 e. The van der Waals surface area contributed by atoms with Crippen LogP contribution in [0.25, 0.3) is 0 Å². The fourth-order valence-electron chi connectivity index (χ4n) is 1.62. The maximum atomic E-state index is 12.1. The molecule has 1 heterocycles. The molecule has 0 saturated heterocycles. The van der Waals surface area contributed by atoms with Gasteiger partial charge < -0.3 is 10.8 Å². The lowest BCUT2D eigenvalue weighted by molar-refractivity contribution is 0.102. The Morgan fingerprint density at radius 1 is 1.53 bits per heavy atom. The average molecular weight is 277 g/mol. The first-order valence-electron chi connectivity index (χ1n) is 5.79. The molecule has 4 N–H and O–H groups in total. The molecule has 1 aromatic heterocycles. The van der Waals surface area contributed by atoms with E-state index in [1.807, 2.05) is 12.3 Å². The highest BCUT2D eigenvalue weighted by molar-refractivity contribution is 7.14. The number of rotatable bonds is 3. The van der Waals surface area contributed by atoms with Crippen LogP contribution in [0.2, 0.25) is 0 Å². The van der Waals surface area contributed by atoms with Crippen LogP contribution in [0.5, 0.6) is 5.75 Å². The molecule has 0 aliphatic carbocycles. The molecule has 1 atom stereocenters. The Balaban J connectivity index is 2.16. The van der Waals surface area contributed by atoms with Gasteiger partial charge in [0.2, 0.25) is 0 Å². The van der Waals surface area contributed by atoms with Crippen LogP contribution in [0.4, 0.5) is 5.13 Å². The van der Waals surface area contributed by atoms with Gasteiger partial charge in [-0.25, -0.2) is 4.98 Å². The number of hydrogen-bond acceptors (Lipinski definition) is 5. The molecule has 2 rings (SSSR count).